The van der Waals surface area contributed by atoms with Crippen LogP contribution in [0.4, 0.5) is 0 Å². The lowest BCUT2D eigenvalue weighted by atomic mass is 10.1. The number of aromatic nitrogens is 2. The molecular weight excluding hydrogens is 240 g/mol. The zero-order valence-corrected chi connectivity index (χ0v) is 11.4. The second kappa shape index (κ2) is 6.38. The SMILES string of the molecule is CCCCOc1ccc(C(O)c2ccn(C)n2)cc1. The fourth-order valence-electron chi connectivity index (χ4n) is 1.83. The normalized spacial score (nSPS) is 12.4. The Morgan fingerprint density at radius 1 is 1.26 bits per heavy atom. The fraction of sp³-hybridized carbons (Fsp3) is 0.400. The largest absolute Gasteiger partial charge is 0.494 e. The van der Waals surface area contributed by atoms with E-state index in [1.807, 2.05) is 43.6 Å². The van der Waals surface area contributed by atoms with Crippen molar-refractivity contribution in [3.63, 3.8) is 0 Å². The van der Waals surface area contributed by atoms with Crippen LogP contribution in [-0.4, -0.2) is 21.5 Å². The molecule has 0 aliphatic rings. The molecule has 2 aromatic rings. The summed E-state index contributed by atoms with van der Waals surface area (Å²) in [5.74, 6) is 0.838. The number of aliphatic hydroxyl groups excluding tert-OH is 1. The van der Waals surface area contributed by atoms with Gasteiger partial charge in [0, 0.05) is 13.2 Å². The van der Waals surface area contributed by atoms with Gasteiger partial charge in [-0.15, -0.1) is 0 Å². The first-order valence-corrected chi connectivity index (χ1v) is 6.61. The molecular formula is C15H20N2O2. The Kier molecular flexibility index (Phi) is 4.58. The number of aryl methyl sites for hydroxylation is 1. The standard InChI is InChI=1S/C15H20N2O2/c1-3-4-11-19-13-7-5-12(6-8-13)15(18)14-9-10-17(2)16-14/h5-10,15,18H,3-4,11H2,1-2H3. The van der Waals surface area contributed by atoms with Crippen LogP contribution in [0.3, 0.4) is 0 Å². The van der Waals surface area contributed by atoms with E-state index in [1.54, 1.807) is 4.68 Å². The van der Waals surface area contributed by atoms with Crippen LogP contribution in [0.2, 0.25) is 0 Å². The molecule has 1 aromatic carbocycles. The Balaban J connectivity index is 2.01. The molecule has 1 unspecified atom stereocenters. The zero-order chi connectivity index (χ0) is 13.7. The number of aliphatic hydroxyl groups is 1. The third-order valence-corrected chi connectivity index (χ3v) is 2.98. The quantitative estimate of drug-likeness (QED) is 0.812. The average molecular weight is 260 g/mol. The van der Waals surface area contributed by atoms with Gasteiger partial charge in [0.25, 0.3) is 0 Å². The van der Waals surface area contributed by atoms with E-state index in [9.17, 15) is 5.11 Å². The summed E-state index contributed by atoms with van der Waals surface area (Å²) in [5.41, 5.74) is 1.48. The highest BCUT2D eigenvalue weighted by molar-refractivity contribution is 5.31. The summed E-state index contributed by atoms with van der Waals surface area (Å²) in [6.45, 7) is 2.87. The minimum Gasteiger partial charge on any atom is -0.494 e. The highest BCUT2D eigenvalue weighted by atomic mass is 16.5. The Morgan fingerprint density at radius 3 is 2.58 bits per heavy atom. The summed E-state index contributed by atoms with van der Waals surface area (Å²) in [7, 11) is 1.83. The summed E-state index contributed by atoms with van der Waals surface area (Å²) in [4.78, 5) is 0. The Hall–Kier alpha value is -1.81. The Labute approximate surface area is 113 Å². The number of hydrogen-bond donors (Lipinski definition) is 1. The van der Waals surface area contributed by atoms with Gasteiger partial charge in [-0.2, -0.15) is 5.10 Å². The molecule has 0 radical (unpaired) electrons. The van der Waals surface area contributed by atoms with Crippen molar-refractivity contribution >= 4 is 0 Å². The molecule has 0 saturated carbocycles. The van der Waals surface area contributed by atoms with Crippen molar-refractivity contribution in [2.45, 2.75) is 25.9 Å². The Morgan fingerprint density at radius 2 is 2.00 bits per heavy atom. The molecule has 0 fully saturated rings. The summed E-state index contributed by atoms with van der Waals surface area (Å²) >= 11 is 0. The predicted octanol–water partition coefficient (Wildman–Crippen LogP) is 2.68. The lowest BCUT2D eigenvalue weighted by Crippen LogP contribution is -2.02. The van der Waals surface area contributed by atoms with Crippen LogP contribution in [0, 0.1) is 0 Å². The number of rotatable bonds is 6. The molecule has 4 nitrogen and oxygen atoms in total. The third kappa shape index (κ3) is 3.58. The number of nitrogens with zero attached hydrogens (tertiary/aromatic N) is 2. The summed E-state index contributed by atoms with van der Waals surface area (Å²) in [6.07, 6.45) is 3.31. The van der Waals surface area contributed by atoms with Crippen LogP contribution in [0.1, 0.15) is 37.1 Å². The maximum Gasteiger partial charge on any atom is 0.123 e. The van der Waals surface area contributed by atoms with Crippen molar-refractivity contribution in [1.82, 2.24) is 9.78 Å². The van der Waals surface area contributed by atoms with Crippen molar-refractivity contribution in [2.75, 3.05) is 6.61 Å². The van der Waals surface area contributed by atoms with Gasteiger partial charge in [-0.1, -0.05) is 25.5 Å². The van der Waals surface area contributed by atoms with E-state index >= 15 is 0 Å². The van der Waals surface area contributed by atoms with Gasteiger partial charge in [0.15, 0.2) is 0 Å². The van der Waals surface area contributed by atoms with E-state index in [0.29, 0.717) is 5.69 Å². The minimum absolute atomic E-state index is 0.655. The second-order valence-corrected chi connectivity index (χ2v) is 4.59. The summed E-state index contributed by atoms with van der Waals surface area (Å²) in [5, 5.41) is 14.4. The van der Waals surface area contributed by atoms with Gasteiger partial charge in [0.2, 0.25) is 0 Å². The zero-order valence-electron chi connectivity index (χ0n) is 11.4. The number of benzene rings is 1. The van der Waals surface area contributed by atoms with Crippen molar-refractivity contribution in [3.05, 3.63) is 47.8 Å². The minimum atomic E-state index is -0.689. The smallest absolute Gasteiger partial charge is 0.123 e. The monoisotopic (exact) mass is 260 g/mol. The molecule has 0 amide bonds. The molecule has 19 heavy (non-hydrogen) atoms. The maximum absolute atomic E-state index is 10.2. The van der Waals surface area contributed by atoms with Crippen LogP contribution < -0.4 is 4.74 Å². The maximum atomic E-state index is 10.2. The first-order valence-electron chi connectivity index (χ1n) is 6.61. The highest BCUT2D eigenvalue weighted by Gasteiger charge is 2.12. The molecule has 1 aromatic heterocycles. The average Bonchev–Trinajstić information content (AvgIpc) is 2.86. The van der Waals surface area contributed by atoms with Crippen molar-refractivity contribution in [2.24, 2.45) is 7.05 Å². The van der Waals surface area contributed by atoms with Crippen molar-refractivity contribution in [1.29, 1.82) is 0 Å². The fourth-order valence-corrected chi connectivity index (χ4v) is 1.83. The second-order valence-electron chi connectivity index (χ2n) is 4.59. The topological polar surface area (TPSA) is 47.3 Å². The van der Waals surface area contributed by atoms with Crippen LogP contribution in [0.5, 0.6) is 5.75 Å². The third-order valence-electron chi connectivity index (χ3n) is 2.98. The lowest BCUT2D eigenvalue weighted by molar-refractivity contribution is 0.214. The predicted molar refractivity (Wildman–Crippen MR) is 74.1 cm³/mol. The van der Waals surface area contributed by atoms with Gasteiger partial charge in [-0.3, -0.25) is 4.68 Å². The van der Waals surface area contributed by atoms with E-state index in [0.717, 1.165) is 30.8 Å². The molecule has 2 rings (SSSR count). The molecule has 0 spiro atoms. The van der Waals surface area contributed by atoms with Gasteiger partial charge in [-0.25, -0.2) is 0 Å². The van der Waals surface area contributed by atoms with Crippen LogP contribution in [0.25, 0.3) is 0 Å². The van der Waals surface area contributed by atoms with Crippen LogP contribution in [-0.2, 0) is 7.05 Å². The van der Waals surface area contributed by atoms with E-state index in [-0.39, 0.29) is 0 Å². The molecule has 0 bridgehead atoms. The van der Waals surface area contributed by atoms with Gasteiger partial charge in [0.05, 0.1) is 12.3 Å². The van der Waals surface area contributed by atoms with Crippen LogP contribution >= 0.6 is 0 Å². The number of unbranched alkanes of at least 4 members (excludes halogenated alkanes) is 1. The van der Waals surface area contributed by atoms with E-state index < -0.39 is 6.10 Å². The molecule has 102 valence electrons. The molecule has 1 heterocycles. The highest BCUT2D eigenvalue weighted by Crippen LogP contribution is 2.22. The number of hydrogen-bond acceptors (Lipinski definition) is 3. The van der Waals surface area contributed by atoms with E-state index in [1.165, 1.54) is 0 Å². The van der Waals surface area contributed by atoms with Gasteiger partial charge < -0.3 is 9.84 Å². The first kappa shape index (κ1) is 13.6. The molecule has 1 atom stereocenters. The molecule has 4 heteroatoms. The van der Waals surface area contributed by atoms with Crippen molar-refractivity contribution < 1.29 is 9.84 Å². The molecule has 0 aliphatic heterocycles. The van der Waals surface area contributed by atoms with Gasteiger partial charge in [0.1, 0.15) is 11.9 Å². The lowest BCUT2D eigenvalue weighted by Gasteiger charge is -2.10. The van der Waals surface area contributed by atoms with Gasteiger partial charge in [-0.05, 0) is 30.2 Å². The van der Waals surface area contributed by atoms with Crippen molar-refractivity contribution in [3.8, 4) is 5.75 Å². The molecule has 1 N–H and O–H groups in total. The number of ether oxygens (including phenoxy) is 1. The van der Waals surface area contributed by atoms with E-state index in [4.69, 9.17) is 4.74 Å². The van der Waals surface area contributed by atoms with Crippen LogP contribution in [0.15, 0.2) is 36.5 Å². The summed E-state index contributed by atoms with van der Waals surface area (Å²) < 4.78 is 7.27. The molecule has 0 saturated heterocycles. The first-order chi connectivity index (χ1) is 9.20. The Bertz CT molecular complexity index is 505. The summed E-state index contributed by atoms with van der Waals surface area (Å²) in [6, 6.07) is 9.34. The van der Waals surface area contributed by atoms with Gasteiger partial charge >= 0.3 is 0 Å². The molecule has 0 aliphatic carbocycles. The van der Waals surface area contributed by atoms with E-state index in [2.05, 4.69) is 12.0 Å².